The van der Waals surface area contributed by atoms with Crippen LogP contribution in [0.25, 0.3) is 0 Å². The van der Waals surface area contributed by atoms with Gasteiger partial charge in [0.2, 0.25) is 0 Å². The summed E-state index contributed by atoms with van der Waals surface area (Å²) in [5.74, 6) is 0. The number of likely N-dealkylation sites (N-methyl/N-ethyl adjacent to an activating group) is 1. The van der Waals surface area contributed by atoms with Crippen LogP contribution >= 0.6 is 0 Å². The second-order valence-corrected chi connectivity index (χ2v) is 4.61. The molecule has 0 rings (SSSR count). The fourth-order valence-corrected chi connectivity index (χ4v) is 1.83. The minimum Gasteiger partial charge on any atom is -0.374 e. The van der Waals surface area contributed by atoms with Crippen LogP contribution < -0.4 is 0 Å². The maximum absolute atomic E-state index is 6.09. The zero-order chi connectivity index (χ0) is 12.4. The molecule has 2 unspecified atom stereocenters. The molecule has 98 valence electrons. The largest absolute Gasteiger partial charge is 0.374 e. The van der Waals surface area contributed by atoms with E-state index in [0.29, 0.717) is 12.2 Å². The van der Waals surface area contributed by atoms with Gasteiger partial charge in [-0.1, -0.05) is 40.5 Å². The van der Waals surface area contributed by atoms with Crippen LogP contribution in [0.15, 0.2) is 0 Å². The molecule has 2 atom stereocenters. The van der Waals surface area contributed by atoms with Crippen LogP contribution in [0.1, 0.15) is 60.3 Å². The standard InChI is InChI=1S/C14H31NO/c1-6-10-11-14(16-13(5)7-2)12-15(8-3)9-4/h13-14H,6-12H2,1-5H3. The highest BCUT2D eigenvalue weighted by Crippen LogP contribution is 2.11. The minimum atomic E-state index is 0.400. The Balaban J connectivity index is 4.07. The molecule has 0 spiro atoms. The number of hydrogen-bond acceptors (Lipinski definition) is 2. The summed E-state index contributed by atoms with van der Waals surface area (Å²) in [5.41, 5.74) is 0. The quantitative estimate of drug-likeness (QED) is 0.566. The van der Waals surface area contributed by atoms with Crippen LogP contribution in [0.3, 0.4) is 0 Å². The first kappa shape index (κ1) is 15.9. The fourth-order valence-electron chi connectivity index (χ4n) is 1.83. The Morgan fingerprint density at radius 3 is 2.12 bits per heavy atom. The molecule has 0 saturated heterocycles. The Bertz CT molecular complexity index is 146. The van der Waals surface area contributed by atoms with Crippen LogP contribution in [0, 0.1) is 0 Å². The molecular weight excluding hydrogens is 198 g/mol. The molecule has 0 saturated carbocycles. The lowest BCUT2D eigenvalue weighted by molar-refractivity contribution is -0.0254. The summed E-state index contributed by atoms with van der Waals surface area (Å²) in [7, 11) is 0. The van der Waals surface area contributed by atoms with E-state index in [1.54, 1.807) is 0 Å². The summed E-state index contributed by atoms with van der Waals surface area (Å²) >= 11 is 0. The predicted molar refractivity (Wildman–Crippen MR) is 71.9 cm³/mol. The van der Waals surface area contributed by atoms with Crippen molar-refractivity contribution in [2.45, 2.75) is 72.5 Å². The van der Waals surface area contributed by atoms with Gasteiger partial charge < -0.3 is 9.64 Å². The van der Waals surface area contributed by atoms with E-state index < -0.39 is 0 Å². The van der Waals surface area contributed by atoms with Gasteiger partial charge in [0, 0.05) is 6.54 Å². The maximum atomic E-state index is 6.09. The molecule has 0 radical (unpaired) electrons. The molecular formula is C14H31NO. The Morgan fingerprint density at radius 1 is 1.06 bits per heavy atom. The van der Waals surface area contributed by atoms with E-state index in [0.717, 1.165) is 26.1 Å². The number of ether oxygens (including phenoxy) is 1. The third-order valence-electron chi connectivity index (χ3n) is 3.24. The van der Waals surface area contributed by atoms with Crippen molar-refractivity contribution in [1.82, 2.24) is 4.90 Å². The van der Waals surface area contributed by atoms with Crippen LogP contribution in [0.5, 0.6) is 0 Å². The highest BCUT2D eigenvalue weighted by atomic mass is 16.5. The van der Waals surface area contributed by atoms with Crippen molar-refractivity contribution in [1.29, 1.82) is 0 Å². The molecule has 0 bridgehead atoms. The van der Waals surface area contributed by atoms with Crippen molar-refractivity contribution in [3.8, 4) is 0 Å². The highest BCUT2D eigenvalue weighted by molar-refractivity contribution is 4.66. The SMILES string of the molecule is CCCCC(CN(CC)CC)OC(C)CC. The molecule has 0 heterocycles. The number of unbranched alkanes of at least 4 members (excludes halogenated alkanes) is 1. The first-order valence-electron chi connectivity index (χ1n) is 7.05. The smallest absolute Gasteiger partial charge is 0.0705 e. The van der Waals surface area contributed by atoms with Gasteiger partial charge in [0.1, 0.15) is 0 Å². The van der Waals surface area contributed by atoms with Gasteiger partial charge in [-0.2, -0.15) is 0 Å². The Labute approximate surface area is 102 Å². The number of nitrogens with zero attached hydrogens (tertiary/aromatic N) is 1. The average molecular weight is 229 g/mol. The van der Waals surface area contributed by atoms with Crippen molar-refractivity contribution >= 4 is 0 Å². The summed E-state index contributed by atoms with van der Waals surface area (Å²) in [4.78, 5) is 2.46. The first-order valence-corrected chi connectivity index (χ1v) is 7.05. The van der Waals surface area contributed by atoms with Crippen molar-refractivity contribution in [2.24, 2.45) is 0 Å². The molecule has 16 heavy (non-hydrogen) atoms. The topological polar surface area (TPSA) is 12.5 Å². The number of hydrogen-bond donors (Lipinski definition) is 0. The van der Waals surface area contributed by atoms with E-state index in [9.17, 15) is 0 Å². The lowest BCUT2D eigenvalue weighted by Gasteiger charge is -2.27. The molecule has 0 amide bonds. The van der Waals surface area contributed by atoms with E-state index >= 15 is 0 Å². The predicted octanol–water partition coefficient (Wildman–Crippen LogP) is 3.70. The molecule has 0 aliphatic carbocycles. The minimum absolute atomic E-state index is 0.400. The van der Waals surface area contributed by atoms with E-state index in [2.05, 4.69) is 39.5 Å². The average Bonchev–Trinajstić information content (AvgIpc) is 2.32. The third kappa shape index (κ3) is 7.24. The van der Waals surface area contributed by atoms with Crippen molar-refractivity contribution in [3.05, 3.63) is 0 Å². The fraction of sp³-hybridized carbons (Fsp3) is 1.00. The molecule has 2 heteroatoms. The first-order chi connectivity index (χ1) is 7.67. The van der Waals surface area contributed by atoms with Gasteiger partial charge in [-0.05, 0) is 32.9 Å². The molecule has 0 aromatic heterocycles. The third-order valence-corrected chi connectivity index (χ3v) is 3.24. The highest BCUT2D eigenvalue weighted by Gasteiger charge is 2.14. The van der Waals surface area contributed by atoms with E-state index in [1.165, 1.54) is 19.3 Å². The van der Waals surface area contributed by atoms with Gasteiger partial charge in [0.25, 0.3) is 0 Å². The van der Waals surface area contributed by atoms with Crippen molar-refractivity contribution in [3.63, 3.8) is 0 Å². The zero-order valence-corrected chi connectivity index (χ0v) is 12.0. The Morgan fingerprint density at radius 2 is 1.69 bits per heavy atom. The molecule has 0 aromatic rings. The van der Waals surface area contributed by atoms with Crippen molar-refractivity contribution < 1.29 is 4.74 Å². The monoisotopic (exact) mass is 229 g/mol. The Kier molecular flexibility index (Phi) is 10.0. The summed E-state index contributed by atoms with van der Waals surface area (Å²) < 4.78 is 6.09. The second kappa shape index (κ2) is 10.1. The summed E-state index contributed by atoms with van der Waals surface area (Å²) in [5, 5.41) is 0. The summed E-state index contributed by atoms with van der Waals surface area (Å²) in [6, 6.07) is 0. The molecule has 0 N–H and O–H groups in total. The van der Waals surface area contributed by atoms with Gasteiger partial charge >= 0.3 is 0 Å². The second-order valence-electron chi connectivity index (χ2n) is 4.61. The maximum Gasteiger partial charge on any atom is 0.0705 e. The lowest BCUT2D eigenvalue weighted by Crippen LogP contribution is -2.35. The molecule has 0 fully saturated rings. The van der Waals surface area contributed by atoms with Crippen LogP contribution in [0.2, 0.25) is 0 Å². The van der Waals surface area contributed by atoms with Gasteiger partial charge in [-0.25, -0.2) is 0 Å². The van der Waals surface area contributed by atoms with Gasteiger partial charge in [-0.15, -0.1) is 0 Å². The van der Waals surface area contributed by atoms with Gasteiger partial charge in [-0.3, -0.25) is 0 Å². The van der Waals surface area contributed by atoms with Gasteiger partial charge in [0.15, 0.2) is 0 Å². The van der Waals surface area contributed by atoms with Crippen LogP contribution in [-0.2, 0) is 4.74 Å². The van der Waals surface area contributed by atoms with Crippen molar-refractivity contribution in [2.75, 3.05) is 19.6 Å². The van der Waals surface area contributed by atoms with E-state index in [1.807, 2.05) is 0 Å². The zero-order valence-electron chi connectivity index (χ0n) is 12.0. The summed E-state index contributed by atoms with van der Waals surface area (Å²) in [6.07, 6.45) is 5.69. The lowest BCUT2D eigenvalue weighted by atomic mass is 10.1. The molecule has 0 aromatic carbocycles. The molecule has 0 aliphatic heterocycles. The van der Waals surface area contributed by atoms with Crippen LogP contribution in [-0.4, -0.2) is 36.7 Å². The Hall–Kier alpha value is -0.0800. The van der Waals surface area contributed by atoms with E-state index in [4.69, 9.17) is 4.74 Å². The van der Waals surface area contributed by atoms with Gasteiger partial charge in [0.05, 0.1) is 12.2 Å². The molecule has 2 nitrogen and oxygen atoms in total. The van der Waals surface area contributed by atoms with E-state index in [-0.39, 0.29) is 0 Å². The summed E-state index contributed by atoms with van der Waals surface area (Å²) in [6.45, 7) is 14.4. The normalized spacial score (nSPS) is 15.4. The number of rotatable bonds is 10. The van der Waals surface area contributed by atoms with Crippen LogP contribution in [0.4, 0.5) is 0 Å². The molecule has 0 aliphatic rings.